The van der Waals surface area contributed by atoms with Gasteiger partial charge in [0.05, 0.1) is 6.20 Å². The van der Waals surface area contributed by atoms with E-state index >= 15 is 0 Å². The molecule has 0 radical (unpaired) electrons. The Bertz CT molecular complexity index is 958. The lowest BCUT2D eigenvalue weighted by Crippen LogP contribution is -2.30. The predicted octanol–water partition coefficient (Wildman–Crippen LogP) is 4.60. The van der Waals surface area contributed by atoms with E-state index in [0.29, 0.717) is 27.6 Å². The van der Waals surface area contributed by atoms with E-state index in [1.807, 2.05) is 25.1 Å². The van der Waals surface area contributed by atoms with Gasteiger partial charge in [0.2, 0.25) is 0 Å². The predicted molar refractivity (Wildman–Crippen MR) is 99.2 cm³/mol. The highest BCUT2D eigenvalue weighted by molar-refractivity contribution is 7.17. The maximum Gasteiger partial charge on any atom is 0.269 e. The highest BCUT2D eigenvalue weighted by atomic mass is 32.1. The Labute approximate surface area is 149 Å². The molecule has 0 aliphatic heterocycles. The van der Waals surface area contributed by atoms with Crippen LogP contribution in [-0.2, 0) is 0 Å². The molecule has 0 aliphatic rings. The van der Waals surface area contributed by atoms with Crippen LogP contribution in [0.3, 0.4) is 0 Å². The van der Waals surface area contributed by atoms with Crippen LogP contribution in [0.4, 0.5) is 10.1 Å². The minimum absolute atomic E-state index is 0.184. The number of carbonyl (C=O) groups is 1. The Morgan fingerprint density at radius 1 is 1.28 bits per heavy atom. The molecule has 0 fully saturated rings. The summed E-state index contributed by atoms with van der Waals surface area (Å²) in [4.78, 5) is 19.1. The molecule has 1 heterocycles. The van der Waals surface area contributed by atoms with Gasteiger partial charge in [-0.2, -0.15) is 0 Å². The van der Waals surface area contributed by atoms with E-state index in [9.17, 15) is 9.18 Å². The monoisotopic (exact) mass is 350 g/mol. The van der Waals surface area contributed by atoms with Gasteiger partial charge in [0.25, 0.3) is 5.91 Å². The lowest BCUT2D eigenvalue weighted by Gasteiger charge is -2.20. The molecule has 124 valence electrons. The first kappa shape index (κ1) is 16.9. The van der Waals surface area contributed by atoms with Gasteiger partial charge in [-0.15, -0.1) is 17.8 Å². The molecule has 0 bridgehead atoms. The maximum atomic E-state index is 13.9. The van der Waals surface area contributed by atoms with Crippen molar-refractivity contribution in [2.45, 2.75) is 6.92 Å². The Morgan fingerprint density at radius 3 is 2.80 bits per heavy atom. The maximum absolute atomic E-state index is 13.9. The molecular weight excluding hydrogens is 335 g/mol. The fourth-order valence-corrected chi connectivity index (χ4v) is 3.36. The Balaban J connectivity index is 1.92. The van der Waals surface area contributed by atoms with Crippen LogP contribution in [-0.4, -0.2) is 17.4 Å². The van der Waals surface area contributed by atoms with Crippen LogP contribution < -0.4 is 4.90 Å². The summed E-state index contributed by atoms with van der Waals surface area (Å²) in [6.07, 6.45) is 6.92. The molecule has 0 atom stereocenters. The van der Waals surface area contributed by atoms with E-state index in [0.717, 1.165) is 5.69 Å². The van der Waals surface area contributed by atoms with Crippen molar-refractivity contribution >= 4 is 22.9 Å². The highest BCUT2D eigenvalue weighted by Gasteiger charge is 2.20. The summed E-state index contributed by atoms with van der Waals surface area (Å²) in [5.74, 6) is 2.03. The number of amides is 1. The van der Waals surface area contributed by atoms with Gasteiger partial charge in [-0.1, -0.05) is 24.1 Å². The Morgan fingerprint density at radius 2 is 2.08 bits per heavy atom. The van der Waals surface area contributed by atoms with Crippen molar-refractivity contribution in [3.63, 3.8) is 0 Å². The van der Waals surface area contributed by atoms with Crippen molar-refractivity contribution < 1.29 is 9.18 Å². The second kappa shape index (κ2) is 7.29. The third-order valence-electron chi connectivity index (χ3n) is 3.71. The molecule has 0 saturated carbocycles. The molecule has 2 aromatic carbocycles. The number of rotatable bonds is 4. The van der Waals surface area contributed by atoms with E-state index in [1.54, 1.807) is 29.2 Å². The average molecular weight is 350 g/mol. The molecule has 1 amide bonds. The molecule has 3 rings (SSSR count). The van der Waals surface area contributed by atoms with E-state index in [2.05, 4.69) is 10.9 Å². The quantitative estimate of drug-likeness (QED) is 0.645. The molecule has 0 unspecified atom stereocenters. The van der Waals surface area contributed by atoms with Gasteiger partial charge in [0.1, 0.15) is 15.7 Å². The number of hydrogen-bond donors (Lipinski definition) is 0. The zero-order valence-electron chi connectivity index (χ0n) is 13.6. The summed E-state index contributed by atoms with van der Waals surface area (Å²) in [5.41, 5.74) is 1.83. The number of benzene rings is 2. The number of aromatic nitrogens is 1. The van der Waals surface area contributed by atoms with Crippen LogP contribution in [0.2, 0.25) is 0 Å². The molecule has 1 aromatic heterocycles. The second-order valence-corrected chi connectivity index (χ2v) is 6.28. The lowest BCUT2D eigenvalue weighted by atomic mass is 10.2. The van der Waals surface area contributed by atoms with Crippen LogP contribution in [0.15, 0.2) is 54.7 Å². The minimum atomic E-state index is -0.357. The summed E-state index contributed by atoms with van der Waals surface area (Å²) in [6.45, 7) is 2.37. The first-order chi connectivity index (χ1) is 12.1. The van der Waals surface area contributed by atoms with Gasteiger partial charge >= 0.3 is 0 Å². The van der Waals surface area contributed by atoms with Crippen molar-refractivity contribution in [1.82, 2.24) is 4.98 Å². The van der Waals surface area contributed by atoms with E-state index in [1.165, 1.54) is 23.6 Å². The third kappa shape index (κ3) is 3.44. The van der Waals surface area contributed by atoms with Gasteiger partial charge in [-0.25, -0.2) is 9.37 Å². The van der Waals surface area contributed by atoms with Gasteiger partial charge < -0.3 is 4.90 Å². The smallest absolute Gasteiger partial charge is 0.269 e. The molecule has 25 heavy (non-hydrogen) atoms. The van der Waals surface area contributed by atoms with Crippen LogP contribution in [0.5, 0.6) is 0 Å². The minimum Gasteiger partial charge on any atom is -0.308 e. The summed E-state index contributed by atoms with van der Waals surface area (Å²) in [5, 5.41) is 0.481. The third-order valence-corrected chi connectivity index (χ3v) is 4.73. The van der Waals surface area contributed by atoms with Crippen molar-refractivity contribution in [3.05, 3.63) is 71.0 Å². The van der Waals surface area contributed by atoms with Crippen LogP contribution >= 0.6 is 11.3 Å². The number of hydrogen-bond acceptors (Lipinski definition) is 3. The van der Waals surface area contributed by atoms with Gasteiger partial charge in [-0.3, -0.25) is 4.79 Å². The molecule has 3 nitrogen and oxygen atoms in total. The number of nitrogens with zero attached hydrogens (tertiary/aromatic N) is 2. The standard InChI is InChI=1S/C20H15FN2OS/c1-3-14-8-7-9-15(12-14)23(4-2)20(24)18-13-22-19(25-18)16-10-5-6-11-17(16)21/h1,5-13H,4H2,2H3. The zero-order chi connectivity index (χ0) is 17.8. The molecule has 0 spiro atoms. The summed E-state index contributed by atoms with van der Waals surface area (Å²) in [6, 6.07) is 13.6. The van der Waals surface area contributed by atoms with Crippen molar-refractivity contribution in [2.75, 3.05) is 11.4 Å². The molecule has 0 N–H and O–H groups in total. The van der Waals surface area contributed by atoms with Gasteiger partial charge in [-0.05, 0) is 37.3 Å². The van der Waals surface area contributed by atoms with Crippen LogP contribution in [0, 0.1) is 18.2 Å². The molecule has 0 aliphatic carbocycles. The number of thiazole rings is 1. The largest absolute Gasteiger partial charge is 0.308 e. The van der Waals surface area contributed by atoms with E-state index in [4.69, 9.17) is 6.42 Å². The fourth-order valence-electron chi connectivity index (χ4n) is 2.47. The molecular formula is C20H15FN2OS. The van der Waals surface area contributed by atoms with Crippen molar-refractivity contribution in [2.24, 2.45) is 0 Å². The molecule has 3 aromatic rings. The van der Waals surface area contributed by atoms with Crippen molar-refractivity contribution in [1.29, 1.82) is 0 Å². The molecule has 5 heteroatoms. The lowest BCUT2D eigenvalue weighted by molar-refractivity contribution is 0.0992. The van der Waals surface area contributed by atoms with Crippen LogP contribution in [0.25, 0.3) is 10.6 Å². The van der Waals surface area contributed by atoms with Crippen molar-refractivity contribution in [3.8, 4) is 22.9 Å². The molecule has 0 saturated heterocycles. The zero-order valence-corrected chi connectivity index (χ0v) is 14.4. The summed E-state index contributed by atoms with van der Waals surface area (Å²) < 4.78 is 13.9. The number of halogens is 1. The normalized spacial score (nSPS) is 10.3. The van der Waals surface area contributed by atoms with E-state index in [-0.39, 0.29) is 11.7 Å². The van der Waals surface area contributed by atoms with Gasteiger partial charge in [0.15, 0.2) is 0 Å². The average Bonchev–Trinajstić information content (AvgIpc) is 3.13. The first-order valence-corrected chi connectivity index (χ1v) is 8.55. The summed E-state index contributed by atoms with van der Waals surface area (Å²) in [7, 11) is 0. The first-order valence-electron chi connectivity index (χ1n) is 7.73. The fraction of sp³-hybridized carbons (Fsp3) is 0.100. The number of carbonyl (C=O) groups excluding carboxylic acids is 1. The number of anilines is 1. The van der Waals surface area contributed by atoms with Gasteiger partial charge in [0, 0.05) is 23.4 Å². The Hall–Kier alpha value is -2.97. The SMILES string of the molecule is C#Cc1cccc(N(CC)C(=O)c2cnc(-c3ccccc3F)s2)c1. The Kier molecular flexibility index (Phi) is 4.92. The number of terminal acetylenes is 1. The van der Waals surface area contributed by atoms with Crippen LogP contribution in [0.1, 0.15) is 22.2 Å². The highest BCUT2D eigenvalue weighted by Crippen LogP contribution is 2.29. The summed E-state index contributed by atoms with van der Waals surface area (Å²) >= 11 is 1.17. The topological polar surface area (TPSA) is 33.2 Å². The second-order valence-electron chi connectivity index (χ2n) is 5.25. The van der Waals surface area contributed by atoms with E-state index < -0.39 is 0 Å².